The molecule has 1 saturated heterocycles. The minimum absolute atomic E-state index is 0.0270. The molecule has 26 heavy (non-hydrogen) atoms. The molecule has 2 aromatic rings. The van der Waals surface area contributed by atoms with Crippen LogP contribution >= 0.6 is 0 Å². The average molecular weight is 352 g/mol. The third kappa shape index (κ3) is 4.03. The predicted octanol–water partition coefficient (Wildman–Crippen LogP) is 3.86. The third-order valence-electron chi connectivity index (χ3n) is 5.00. The van der Waals surface area contributed by atoms with Crippen molar-refractivity contribution in [3.8, 4) is 11.4 Å². The number of rotatable bonds is 5. The molecule has 1 amide bonds. The number of hydrogen-bond donors (Lipinski definition) is 0. The highest BCUT2D eigenvalue weighted by Gasteiger charge is 2.22. The first-order valence-corrected chi connectivity index (χ1v) is 9.61. The summed E-state index contributed by atoms with van der Waals surface area (Å²) in [6.07, 6.45) is 2.41. The maximum Gasteiger partial charge on any atom is 0.272 e. The molecule has 5 nitrogen and oxygen atoms in total. The molecule has 0 bridgehead atoms. The first-order valence-electron chi connectivity index (χ1n) is 9.61. The van der Waals surface area contributed by atoms with E-state index in [9.17, 15) is 4.79 Å². The Morgan fingerprint density at radius 1 is 1.19 bits per heavy atom. The summed E-state index contributed by atoms with van der Waals surface area (Å²) in [5, 5.41) is 0. The number of aromatic nitrogens is 2. The summed E-state index contributed by atoms with van der Waals surface area (Å²) < 4.78 is 0. The van der Waals surface area contributed by atoms with Crippen molar-refractivity contribution >= 4 is 11.7 Å². The number of benzene rings is 1. The van der Waals surface area contributed by atoms with Gasteiger partial charge in [0, 0.05) is 37.8 Å². The maximum atomic E-state index is 12.9. The summed E-state index contributed by atoms with van der Waals surface area (Å²) in [7, 11) is 0. The zero-order chi connectivity index (χ0) is 18.5. The van der Waals surface area contributed by atoms with E-state index in [4.69, 9.17) is 4.98 Å². The van der Waals surface area contributed by atoms with Crippen LogP contribution in [-0.2, 0) is 0 Å². The van der Waals surface area contributed by atoms with E-state index in [2.05, 4.69) is 16.8 Å². The fraction of sp³-hybridized carbons (Fsp3) is 0.476. The molecule has 1 unspecified atom stereocenters. The van der Waals surface area contributed by atoms with E-state index in [1.165, 1.54) is 6.42 Å². The molecule has 1 atom stereocenters. The molecular formula is C21H28N4O. The van der Waals surface area contributed by atoms with E-state index in [0.29, 0.717) is 30.5 Å². The summed E-state index contributed by atoms with van der Waals surface area (Å²) in [6, 6.07) is 11.8. The second-order valence-corrected chi connectivity index (χ2v) is 6.97. The van der Waals surface area contributed by atoms with Gasteiger partial charge in [0.15, 0.2) is 5.82 Å². The summed E-state index contributed by atoms with van der Waals surface area (Å²) in [5.74, 6) is 2.10. The molecule has 0 aliphatic carbocycles. The smallest absolute Gasteiger partial charge is 0.272 e. The fourth-order valence-corrected chi connectivity index (χ4v) is 3.49. The van der Waals surface area contributed by atoms with Gasteiger partial charge in [0.2, 0.25) is 0 Å². The molecule has 0 N–H and O–H groups in total. The number of carbonyl (C=O) groups excluding carboxylic acids is 1. The number of hydrogen-bond acceptors (Lipinski definition) is 4. The van der Waals surface area contributed by atoms with Gasteiger partial charge in [-0.2, -0.15) is 0 Å². The van der Waals surface area contributed by atoms with Crippen molar-refractivity contribution in [1.82, 2.24) is 14.9 Å². The molecule has 1 aliphatic rings. The van der Waals surface area contributed by atoms with Gasteiger partial charge in [0.1, 0.15) is 11.5 Å². The van der Waals surface area contributed by atoms with E-state index in [-0.39, 0.29) is 5.91 Å². The minimum Gasteiger partial charge on any atom is -0.356 e. The van der Waals surface area contributed by atoms with Gasteiger partial charge in [-0.25, -0.2) is 9.97 Å². The largest absolute Gasteiger partial charge is 0.356 e. The summed E-state index contributed by atoms with van der Waals surface area (Å²) in [5.41, 5.74) is 1.42. The van der Waals surface area contributed by atoms with E-state index < -0.39 is 0 Å². The lowest BCUT2D eigenvalue weighted by molar-refractivity contribution is 0.0767. The highest BCUT2D eigenvalue weighted by Crippen LogP contribution is 2.25. The lowest BCUT2D eigenvalue weighted by atomic mass is 10.0. The first kappa shape index (κ1) is 18.4. The highest BCUT2D eigenvalue weighted by atomic mass is 16.2. The molecule has 2 heterocycles. The molecule has 3 rings (SSSR count). The monoisotopic (exact) mass is 352 g/mol. The van der Waals surface area contributed by atoms with Gasteiger partial charge in [0.05, 0.1) is 0 Å². The number of piperidine rings is 1. The predicted molar refractivity (Wildman–Crippen MR) is 105 cm³/mol. The SMILES string of the molecule is CCN(CC)C(=O)c1cc(N2CCCC(C)C2)nc(-c2ccccc2)n1. The summed E-state index contributed by atoms with van der Waals surface area (Å²) >= 11 is 0. The van der Waals surface area contributed by atoms with Gasteiger partial charge in [-0.3, -0.25) is 4.79 Å². The Balaban J connectivity index is 2.03. The van der Waals surface area contributed by atoms with Crippen molar-refractivity contribution in [2.24, 2.45) is 5.92 Å². The van der Waals surface area contributed by atoms with E-state index in [1.54, 1.807) is 4.90 Å². The Kier molecular flexibility index (Phi) is 5.86. The lowest BCUT2D eigenvalue weighted by Crippen LogP contribution is -2.36. The Hall–Kier alpha value is -2.43. The molecular weight excluding hydrogens is 324 g/mol. The van der Waals surface area contributed by atoms with Crippen LogP contribution in [0.5, 0.6) is 0 Å². The second kappa shape index (κ2) is 8.30. The normalized spacial score (nSPS) is 17.2. The van der Waals surface area contributed by atoms with E-state index >= 15 is 0 Å². The molecule has 1 aromatic heterocycles. The number of nitrogens with zero attached hydrogens (tertiary/aromatic N) is 4. The second-order valence-electron chi connectivity index (χ2n) is 6.97. The molecule has 1 aliphatic heterocycles. The summed E-state index contributed by atoms with van der Waals surface area (Å²) in [6.45, 7) is 9.57. The number of amides is 1. The number of anilines is 1. The number of carbonyl (C=O) groups is 1. The molecule has 5 heteroatoms. The van der Waals surface area contributed by atoms with Crippen molar-refractivity contribution in [2.45, 2.75) is 33.6 Å². The van der Waals surface area contributed by atoms with Crippen LogP contribution in [0.4, 0.5) is 5.82 Å². The van der Waals surface area contributed by atoms with Crippen LogP contribution in [0.1, 0.15) is 44.1 Å². The molecule has 0 spiro atoms. The average Bonchev–Trinajstić information content (AvgIpc) is 2.69. The van der Waals surface area contributed by atoms with Crippen LogP contribution in [0.25, 0.3) is 11.4 Å². The maximum absolute atomic E-state index is 12.9. The topological polar surface area (TPSA) is 49.3 Å². The van der Waals surface area contributed by atoms with Gasteiger partial charge in [0.25, 0.3) is 5.91 Å². The van der Waals surface area contributed by atoms with Crippen LogP contribution in [0.2, 0.25) is 0 Å². The Morgan fingerprint density at radius 3 is 2.58 bits per heavy atom. The van der Waals surface area contributed by atoms with Crippen LogP contribution in [-0.4, -0.2) is 47.0 Å². The van der Waals surface area contributed by atoms with Crippen LogP contribution in [0, 0.1) is 5.92 Å². The standard InChI is InChI=1S/C21H28N4O/c1-4-24(5-2)21(26)18-14-19(25-13-9-10-16(3)15-25)23-20(22-18)17-11-7-6-8-12-17/h6-8,11-12,14,16H,4-5,9-10,13,15H2,1-3H3. The minimum atomic E-state index is -0.0270. The lowest BCUT2D eigenvalue weighted by Gasteiger charge is -2.32. The molecule has 1 fully saturated rings. The summed E-state index contributed by atoms with van der Waals surface area (Å²) in [4.78, 5) is 26.4. The van der Waals surface area contributed by atoms with Gasteiger partial charge >= 0.3 is 0 Å². The fourth-order valence-electron chi connectivity index (χ4n) is 3.49. The van der Waals surface area contributed by atoms with Gasteiger partial charge in [-0.05, 0) is 32.6 Å². The van der Waals surface area contributed by atoms with Crippen LogP contribution < -0.4 is 4.90 Å². The zero-order valence-electron chi connectivity index (χ0n) is 16.0. The zero-order valence-corrected chi connectivity index (χ0v) is 16.0. The van der Waals surface area contributed by atoms with Crippen molar-refractivity contribution in [2.75, 3.05) is 31.1 Å². The van der Waals surface area contributed by atoms with Crippen LogP contribution in [0.15, 0.2) is 36.4 Å². The van der Waals surface area contributed by atoms with E-state index in [1.807, 2.05) is 50.2 Å². The highest BCUT2D eigenvalue weighted by molar-refractivity contribution is 5.93. The molecule has 0 radical (unpaired) electrons. The Labute approximate surface area is 156 Å². The van der Waals surface area contributed by atoms with Gasteiger partial charge in [-0.15, -0.1) is 0 Å². The van der Waals surface area contributed by atoms with Crippen LogP contribution in [0.3, 0.4) is 0 Å². The first-order chi connectivity index (χ1) is 12.6. The Bertz CT molecular complexity index is 743. The third-order valence-corrected chi connectivity index (χ3v) is 5.00. The van der Waals surface area contributed by atoms with Gasteiger partial charge in [-0.1, -0.05) is 37.3 Å². The van der Waals surface area contributed by atoms with Crippen molar-refractivity contribution in [1.29, 1.82) is 0 Å². The molecule has 138 valence electrons. The van der Waals surface area contributed by atoms with Gasteiger partial charge < -0.3 is 9.80 Å². The van der Waals surface area contributed by atoms with Crippen molar-refractivity contribution < 1.29 is 4.79 Å². The quantitative estimate of drug-likeness (QED) is 0.820. The van der Waals surface area contributed by atoms with Crippen molar-refractivity contribution in [3.05, 3.63) is 42.1 Å². The molecule has 1 aromatic carbocycles. The molecule has 0 saturated carbocycles. The van der Waals surface area contributed by atoms with E-state index in [0.717, 1.165) is 30.9 Å². The van der Waals surface area contributed by atoms with Crippen molar-refractivity contribution in [3.63, 3.8) is 0 Å². The Morgan fingerprint density at radius 2 is 1.92 bits per heavy atom.